The van der Waals surface area contributed by atoms with Crippen LogP contribution < -0.4 is 5.32 Å². The first-order chi connectivity index (χ1) is 14.6. The lowest BCUT2D eigenvalue weighted by Crippen LogP contribution is -2.15. The highest BCUT2D eigenvalue weighted by molar-refractivity contribution is 7.15. The number of carbonyl (C=O) groups is 2. The predicted molar refractivity (Wildman–Crippen MR) is 122 cm³/mol. The number of rotatable bonds is 5. The van der Waals surface area contributed by atoms with E-state index in [0.717, 1.165) is 27.5 Å². The van der Waals surface area contributed by atoms with Gasteiger partial charge in [0, 0.05) is 16.5 Å². The van der Waals surface area contributed by atoms with E-state index in [1.54, 1.807) is 13.0 Å². The highest BCUT2D eigenvalue weighted by Crippen LogP contribution is 2.39. The second-order valence-corrected chi connectivity index (χ2v) is 7.75. The number of nitrogens with one attached hydrogen (secondary N) is 1. The molecule has 0 radical (unpaired) electrons. The van der Waals surface area contributed by atoms with E-state index in [1.807, 2.05) is 73.0 Å². The van der Waals surface area contributed by atoms with Gasteiger partial charge in [0.05, 0.1) is 6.61 Å². The smallest absolute Gasteiger partial charge is 0.341 e. The lowest BCUT2D eigenvalue weighted by molar-refractivity contribution is 0.0529. The molecule has 3 aromatic carbocycles. The van der Waals surface area contributed by atoms with E-state index >= 15 is 0 Å². The lowest BCUT2D eigenvalue weighted by Gasteiger charge is -2.11. The van der Waals surface area contributed by atoms with Gasteiger partial charge in [-0.3, -0.25) is 4.79 Å². The summed E-state index contributed by atoms with van der Waals surface area (Å²) in [5.41, 5.74) is 3.53. The number of ether oxygens (including phenoxy) is 1. The number of esters is 1. The minimum Gasteiger partial charge on any atom is -0.462 e. The van der Waals surface area contributed by atoms with E-state index in [-0.39, 0.29) is 12.5 Å². The summed E-state index contributed by atoms with van der Waals surface area (Å²) < 4.78 is 5.33. The van der Waals surface area contributed by atoms with Crippen LogP contribution in [0, 0.1) is 6.92 Å². The van der Waals surface area contributed by atoms with Crippen molar-refractivity contribution in [1.29, 1.82) is 0 Å². The molecule has 0 unspecified atom stereocenters. The van der Waals surface area contributed by atoms with E-state index in [1.165, 1.54) is 11.3 Å². The second kappa shape index (κ2) is 8.51. The number of fused-ring (bicyclic) bond motifs is 1. The molecule has 1 N–H and O–H groups in total. The molecule has 5 heteroatoms. The molecule has 150 valence electrons. The fraction of sp³-hybridized carbons (Fsp3) is 0.120. The first-order valence-corrected chi connectivity index (χ1v) is 10.6. The topological polar surface area (TPSA) is 55.4 Å². The molecule has 0 atom stereocenters. The number of hydrogen-bond acceptors (Lipinski definition) is 4. The van der Waals surface area contributed by atoms with Crippen LogP contribution in [-0.2, 0) is 4.74 Å². The highest BCUT2D eigenvalue weighted by Gasteiger charge is 2.24. The van der Waals surface area contributed by atoms with Gasteiger partial charge in [0.2, 0.25) is 0 Å². The molecule has 0 bridgehead atoms. The van der Waals surface area contributed by atoms with Gasteiger partial charge in [-0.2, -0.15) is 0 Å². The standard InChI is InChI=1S/C25H21NO3S/c1-3-29-25(28)22-21(20-14-8-11-17-10-5-7-13-19(17)20)15-30-24(22)26-23(27)18-12-6-4-9-16(18)2/h4-15H,3H2,1-2H3,(H,26,27). The third kappa shape index (κ3) is 3.72. The van der Waals surface area contributed by atoms with Crippen molar-refractivity contribution in [1.82, 2.24) is 0 Å². The molecule has 1 amide bonds. The van der Waals surface area contributed by atoms with Gasteiger partial charge in [-0.1, -0.05) is 60.7 Å². The molecule has 0 saturated heterocycles. The van der Waals surface area contributed by atoms with Gasteiger partial charge < -0.3 is 10.1 Å². The van der Waals surface area contributed by atoms with Crippen molar-refractivity contribution in [3.8, 4) is 11.1 Å². The van der Waals surface area contributed by atoms with Crippen molar-refractivity contribution in [3.05, 3.63) is 88.8 Å². The Kier molecular flexibility index (Phi) is 5.63. The molecular weight excluding hydrogens is 394 g/mol. The molecule has 0 aliphatic heterocycles. The molecule has 30 heavy (non-hydrogen) atoms. The number of carbonyl (C=O) groups excluding carboxylic acids is 2. The zero-order valence-electron chi connectivity index (χ0n) is 16.8. The largest absolute Gasteiger partial charge is 0.462 e. The Morgan fingerprint density at radius 3 is 2.47 bits per heavy atom. The zero-order valence-corrected chi connectivity index (χ0v) is 17.6. The summed E-state index contributed by atoms with van der Waals surface area (Å²) >= 11 is 1.33. The summed E-state index contributed by atoms with van der Waals surface area (Å²) in [6.45, 7) is 3.92. The molecule has 0 saturated carbocycles. The maximum atomic E-state index is 12.9. The fourth-order valence-electron chi connectivity index (χ4n) is 3.51. The van der Waals surface area contributed by atoms with Gasteiger partial charge in [0.1, 0.15) is 10.6 Å². The highest BCUT2D eigenvalue weighted by atomic mass is 32.1. The summed E-state index contributed by atoms with van der Waals surface area (Å²) in [4.78, 5) is 25.7. The molecule has 4 aromatic rings. The first kappa shape index (κ1) is 19.9. The first-order valence-electron chi connectivity index (χ1n) is 9.74. The summed E-state index contributed by atoms with van der Waals surface area (Å²) in [7, 11) is 0. The SMILES string of the molecule is CCOC(=O)c1c(-c2cccc3ccccc23)csc1NC(=O)c1ccccc1C. The van der Waals surface area contributed by atoms with Crippen LogP contribution in [-0.4, -0.2) is 18.5 Å². The van der Waals surface area contributed by atoms with Gasteiger partial charge in [-0.25, -0.2) is 4.79 Å². The maximum Gasteiger partial charge on any atom is 0.341 e. The molecule has 1 aromatic heterocycles. The summed E-state index contributed by atoms with van der Waals surface area (Å²) in [6.07, 6.45) is 0. The molecule has 0 aliphatic carbocycles. The van der Waals surface area contributed by atoms with Crippen LogP contribution in [0.1, 0.15) is 33.2 Å². The van der Waals surface area contributed by atoms with Gasteiger partial charge in [-0.15, -0.1) is 11.3 Å². The average Bonchev–Trinajstić information content (AvgIpc) is 3.17. The average molecular weight is 416 g/mol. The van der Waals surface area contributed by atoms with E-state index < -0.39 is 5.97 Å². The Labute approximate surface area is 179 Å². The van der Waals surface area contributed by atoms with Crippen LogP contribution in [0.25, 0.3) is 21.9 Å². The minimum atomic E-state index is -0.443. The normalized spacial score (nSPS) is 10.7. The van der Waals surface area contributed by atoms with Crippen molar-refractivity contribution in [2.24, 2.45) is 0 Å². The number of hydrogen-bond donors (Lipinski definition) is 1. The van der Waals surface area contributed by atoms with Gasteiger partial charge >= 0.3 is 5.97 Å². The minimum absolute atomic E-state index is 0.245. The Hall–Kier alpha value is -3.44. The molecule has 0 aliphatic rings. The number of amides is 1. The Balaban J connectivity index is 1.81. The van der Waals surface area contributed by atoms with Gasteiger partial charge in [-0.05, 0) is 41.8 Å². The molecule has 4 rings (SSSR count). The Morgan fingerprint density at radius 1 is 0.933 bits per heavy atom. The van der Waals surface area contributed by atoms with Crippen LogP contribution in [0.4, 0.5) is 5.00 Å². The number of benzene rings is 3. The molecule has 0 spiro atoms. The summed E-state index contributed by atoms with van der Waals surface area (Å²) in [6, 6.07) is 21.4. The van der Waals surface area contributed by atoms with E-state index in [9.17, 15) is 9.59 Å². The molecular formula is C25H21NO3S. The van der Waals surface area contributed by atoms with E-state index in [2.05, 4.69) is 5.32 Å². The molecule has 1 heterocycles. The lowest BCUT2D eigenvalue weighted by atomic mass is 9.97. The van der Waals surface area contributed by atoms with Crippen LogP contribution >= 0.6 is 11.3 Å². The summed E-state index contributed by atoms with van der Waals surface area (Å²) in [5, 5.41) is 7.45. The van der Waals surface area contributed by atoms with Gasteiger partial charge in [0.25, 0.3) is 5.91 Å². The third-order valence-electron chi connectivity index (χ3n) is 4.97. The fourth-order valence-corrected chi connectivity index (χ4v) is 4.46. The van der Waals surface area contributed by atoms with Crippen LogP contribution in [0.15, 0.2) is 72.1 Å². The van der Waals surface area contributed by atoms with E-state index in [4.69, 9.17) is 4.74 Å². The Bertz CT molecular complexity index is 1240. The summed E-state index contributed by atoms with van der Waals surface area (Å²) in [5.74, 6) is -0.688. The zero-order chi connectivity index (χ0) is 21.1. The Morgan fingerprint density at radius 2 is 1.67 bits per heavy atom. The van der Waals surface area contributed by atoms with Crippen LogP contribution in [0.3, 0.4) is 0 Å². The second-order valence-electron chi connectivity index (χ2n) is 6.87. The van der Waals surface area contributed by atoms with Crippen molar-refractivity contribution >= 4 is 39.0 Å². The number of aryl methyl sites for hydroxylation is 1. The van der Waals surface area contributed by atoms with E-state index in [0.29, 0.717) is 16.1 Å². The number of thiophene rings is 1. The number of anilines is 1. The third-order valence-corrected chi connectivity index (χ3v) is 5.86. The molecule has 0 fully saturated rings. The van der Waals surface area contributed by atoms with Crippen molar-refractivity contribution in [3.63, 3.8) is 0 Å². The van der Waals surface area contributed by atoms with Crippen LogP contribution in [0.2, 0.25) is 0 Å². The van der Waals surface area contributed by atoms with Crippen LogP contribution in [0.5, 0.6) is 0 Å². The molecule has 4 nitrogen and oxygen atoms in total. The monoisotopic (exact) mass is 415 g/mol. The quantitative estimate of drug-likeness (QED) is 0.389. The van der Waals surface area contributed by atoms with Crippen molar-refractivity contribution in [2.45, 2.75) is 13.8 Å². The van der Waals surface area contributed by atoms with Crippen molar-refractivity contribution in [2.75, 3.05) is 11.9 Å². The maximum absolute atomic E-state index is 12.9. The predicted octanol–water partition coefficient (Wildman–Crippen LogP) is 6.31. The van der Waals surface area contributed by atoms with Gasteiger partial charge in [0.15, 0.2) is 0 Å². The van der Waals surface area contributed by atoms with Crippen molar-refractivity contribution < 1.29 is 14.3 Å².